The van der Waals surface area contributed by atoms with E-state index in [1.165, 1.54) is 31.2 Å². The van der Waals surface area contributed by atoms with Crippen molar-refractivity contribution in [2.75, 3.05) is 5.32 Å². The van der Waals surface area contributed by atoms with E-state index >= 15 is 0 Å². The minimum Gasteiger partial charge on any atom is -0.352 e. The maximum Gasteiger partial charge on any atom is 0.203 e. The summed E-state index contributed by atoms with van der Waals surface area (Å²) in [5.41, 5.74) is 2.62. The highest BCUT2D eigenvalue weighted by atomic mass is 15.2. The van der Waals surface area contributed by atoms with Gasteiger partial charge in [-0.25, -0.2) is 4.98 Å². The van der Waals surface area contributed by atoms with Crippen LogP contribution in [0.4, 0.5) is 5.95 Å². The van der Waals surface area contributed by atoms with E-state index in [0.29, 0.717) is 11.5 Å². The molecule has 3 nitrogen and oxygen atoms in total. The summed E-state index contributed by atoms with van der Waals surface area (Å²) < 4.78 is 2.17. The van der Waals surface area contributed by atoms with E-state index in [4.69, 9.17) is 4.98 Å². The fourth-order valence-corrected chi connectivity index (χ4v) is 3.19. The van der Waals surface area contributed by atoms with Gasteiger partial charge in [-0.3, -0.25) is 0 Å². The van der Waals surface area contributed by atoms with E-state index in [-0.39, 0.29) is 0 Å². The van der Waals surface area contributed by atoms with Crippen LogP contribution in [-0.2, 0) is 7.05 Å². The van der Waals surface area contributed by atoms with E-state index < -0.39 is 0 Å². The van der Waals surface area contributed by atoms with Gasteiger partial charge in [0.2, 0.25) is 5.95 Å². The van der Waals surface area contributed by atoms with Crippen molar-refractivity contribution in [3.63, 3.8) is 0 Å². The lowest BCUT2D eigenvalue weighted by Gasteiger charge is -2.39. The molecular weight excluding hydrogens is 234 g/mol. The Kier molecular flexibility index (Phi) is 3.00. The lowest BCUT2D eigenvalue weighted by Crippen LogP contribution is -2.39. The first-order valence-electron chi connectivity index (χ1n) is 7.26. The van der Waals surface area contributed by atoms with Crippen LogP contribution in [0.1, 0.15) is 39.5 Å². The third-order valence-corrected chi connectivity index (χ3v) is 4.60. The van der Waals surface area contributed by atoms with Crippen LogP contribution in [0.15, 0.2) is 24.3 Å². The second-order valence-corrected chi connectivity index (χ2v) is 6.41. The number of hydrogen-bond acceptors (Lipinski definition) is 2. The van der Waals surface area contributed by atoms with Crippen LogP contribution < -0.4 is 5.32 Å². The molecule has 1 aromatic carbocycles. The molecule has 0 radical (unpaired) electrons. The molecule has 1 unspecified atom stereocenters. The van der Waals surface area contributed by atoms with Crippen LogP contribution in [-0.4, -0.2) is 15.6 Å². The van der Waals surface area contributed by atoms with Crippen molar-refractivity contribution >= 4 is 17.0 Å². The predicted octanol–water partition coefficient (Wildman–Crippen LogP) is 3.95. The van der Waals surface area contributed by atoms with Gasteiger partial charge in [0, 0.05) is 13.1 Å². The highest BCUT2D eigenvalue weighted by Crippen LogP contribution is 2.37. The lowest BCUT2D eigenvalue weighted by molar-refractivity contribution is 0.216. The quantitative estimate of drug-likeness (QED) is 0.882. The van der Waals surface area contributed by atoms with Gasteiger partial charge in [0.1, 0.15) is 0 Å². The van der Waals surface area contributed by atoms with Crippen LogP contribution in [0, 0.1) is 5.41 Å². The van der Waals surface area contributed by atoms with Gasteiger partial charge in [-0.05, 0) is 30.4 Å². The molecule has 3 heteroatoms. The highest BCUT2D eigenvalue weighted by Gasteiger charge is 2.32. The van der Waals surface area contributed by atoms with Gasteiger partial charge in [-0.2, -0.15) is 0 Å². The van der Waals surface area contributed by atoms with Crippen molar-refractivity contribution in [2.24, 2.45) is 12.5 Å². The van der Waals surface area contributed by atoms with Crippen molar-refractivity contribution in [1.29, 1.82) is 0 Å². The topological polar surface area (TPSA) is 29.9 Å². The molecule has 1 fully saturated rings. The molecular formula is C16H23N3. The number of aromatic nitrogens is 2. The maximum atomic E-state index is 4.72. The van der Waals surface area contributed by atoms with Gasteiger partial charge >= 0.3 is 0 Å². The van der Waals surface area contributed by atoms with Crippen LogP contribution in [0.2, 0.25) is 0 Å². The molecule has 1 N–H and O–H groups in total. The molecule has 0 saturated heterocycles. The van der Waals surface area contributed by atoms with Crippen molar-refractivity contribution < 1.29 is 0 Å². The molecule has 0 aliphatic heterocycles. The molecule has 0 bridgehead atoms. The van der Waals surface area contributed by atoms with Crippen LogP contribution in [0.25, 0.3) is 11.0 Å². The van der Waals surface area contributed by atoms with Gasteiger partial charge < -0.3 is 9.88 Å². The van der Waals surface area contributed by atoms with Crippen LogP contribution in [0.3, 0.4) is 0 Å². The molecule has 1 aliphatic carbocycles. The maximum absolute atomic E-state index is 4.72. The lowest BCUT2D eigenvalue weighted by atomic mass is 9.73. The highest BCUT2D eigenvalue weighted by molar-refractivity contribution is 5.78. The van der Waals surface area contributed by atoms with Crippen molar-refractivity contribution in [1.82, 2.24) is 9.55 Å². The third kappa shape index (κ3) is 2.22. The number of anilines is 1. The van der Waals surface area contributed by atoms with Gasteiger partial charge in [0.25, 0.3) is 0 Å². The third-order valence-electron chi connectivity index (χ3n) is 4.60. The number of imidazole rings is 1. The average Bonchev–Trinajstić information content (AvgIpc) is 2.70. The van der Waals surface area contributed by atoms with Crippen molar-refractivity contribution in [2.45, 2.75) is 45.6 Å². The average molecular weight is 257 g/mol. The van der Waals surface area contributed by atoms with Crippen LogP contribution >= 0.6 is 0 Å². The fraction of sp³-hybridized carbons (Fsp3) is 0.562. The Labute approximate surface area is 115 Å². The fourth-order valence-electron chi connectivity index (χ4n) is 3.19. The van der Waals surface area contributed by atoms with E-state index in [9.17, 15) is 0 Å². The molecule has 0 spiro atoms. The molecule has 1 aromatic heterocycles. The number of hydrogen-bond donors (Lipinski definition) is 1. The first-order chi connectivity index (χ1) is 9.08. The normalized spacial score (nSPS) is 22.6. The van der Waals surface area contributed by atoms with Gasteiger partial charge in [-0.1, -0.05) is 38.8 Å². The number of para-hydroxylation sites is 2. The molecule has 3 rings (SSSR count). The summed E-state index contributed by atoms with van der Waals surface area (Å²) in [4.78, 5) is 4.72. The smallest absolute Gasteiger partial charge is 0.203 e. The summed E-state index contributed by atoms with van der Waals surface area (Å²) in [5.74, 6) is 1.00. The van der Waals surface area contributed by atoms with E-state index in [2.05, 4.69) is 49.0 Å². The molecule has 1 heterocycles. The molecule has 19 heavy (non-hydrogen) atoms. The van der Waals surface area contributed by atoms with Crippen LogP contribution in [0.5, 0.6) is 0 Å². The van der Waals surface area contributed by atoms with E-state index in [0.717, 1.165) is 11.5 Å². The zero-order chi connectivity index (χ0) is 13.5. The Morgan fingerprint density at radius 1 is 1.26 bits per heavy atom. The molecule has 2 aromatic rings. The number of nitrogens with zero attached hydrogens (tertiary/aromatic N) is 2. The Bertz CT molecular complexity index is 583. The molecule has 1 saturated carbocycles. The van der Waals surface area contributed by atoms with Gasteiger partial charge in [-0.15, -0.1) is 0 Å². The summed E-state index contributed by atoms with van der Waals surface area (Å²) in [6.45, 7) is 4.74. The number of aryl methyl sites for hydroxylation is 1. The SMILES string of the molecule is Cn1c(NC2CCCCC2(C)C)nc2ccccc21. The van der Waals surface area contributed by atoms with Gasteiger partial charge in [0.05, 0.1) is 11.0 Å². The summed E-state index contributed by atoms with van der Waals surface area (Å²) in [6.07, 6.45) is 5.23. The summed E-state index contributed by atoms with van der Waals surface area (Å²) >= 11 is 0. The standard InChI is InChI=1S/C16H23N3/c1-16(2)11-7-6-10-14(16)18-15-17-12-8-4-5-9-13(12)19(15)3/h4-5,8-9,14H,6-7,10-11H2,1-3H3,(H,17,18). The van der Waals surface area contributed by atoms with Gasteiger partial charge in [0.15, 0.2) is 0 Å². The second-order valence-electron chi connectivity index (χ2n) is 6.41. The summed E-state index contributed by atoms with van der Waals surface area (Å²) in [6, 6.07) is 8.84. The van der Waals surface area contributed by atoms with E-state index in [1.807, 2.05) is 6.07 Å². The Morgan fingerprint density at radius 2 is 2.05 bits per heavy atom. The number of rotatable bonds is 2. The zero-order valence-corrected chi connectivity index (χ0v) is 12.1. The summed E-state index contributed by atoms with van der Waals surface area (Å²) in [7, 11) is 2.09. The van der Waals surface area contributed by atoms with Crippen molar-refractivity contribution in [3.8, 4) is 0 Å². The van der Waals surface area contributed by atoms with Crippen molar-refractivity contribution in [3.05, 3.63) is 24.3 Å². The Hall–Kier alpha value is -1.51. The minimum atomic E-state index is 0.358. The van der Waals surface area contributed by atoms with E-state index in [1.54, 1.807) is 0 Å². The number of fused-ring (bicyclic) bond motifs is 1. The zero-order valence-electron chi connectivity index (χ0n) is 12.1. The number of benzene rings is 1. The Balaban J connectivity index is 1.90. The molecule has 1 atom stereocenters. The molecule has 102 valence electrons. The minimum absolute atomic E-state index is 0.358. The predicted molar refractivity (Wildman–Crippen MR) is 80.4 cm³/mol. The Morgan fingerprint density at radius 3 is 2.79 bits per heavy atom. The first kappa shape index (κ1) is 12.5. The second kappa shape index (κ2) is 4.55. The largest absolute Gasteiger partial charge is 0.352 e. The summed E-state index contributed by atoms with van der Waals surface area (Å²) in [5, 5.41) is 3.68. The monoisotopic (exact) mass is 257 g/mol. The number of nitrogens with one attached hydrogen (secondary N) is 1. The first-order valence-corrected chi connectivity index (χ1v) is 7.26. The molecule has 0 amide bonds. The molecule has 1 aliphatic rings.